The smallest absolute Gasteiger partial charge is 0.242 e. The van der Waals surface area contributed by atoms with Crippen LogP contribution in [0, 0.1) is 5.82 Å². The summed E-state index contributed by atoms with van der Waals surface area (Å²) < 4.78 is 13.2. The fourth-order valence-corrected chi connectivity index (χ4v) is 3.61. The van der Waals surface area contributed by atoms with Crippen molar-refractivity contribution in [3.05, 3.63) is 66.0 Å². The number of halogens is 1. The van der Waals surface area contributed by atoms with E-state index in [1.807, 2.05) is 44.2 Å². The quantitative estimate of drug-likeness (QED) is 0.574. The lowest BCUT2D eigenvalue weighted by atomic mass is 10.1. The zero-order valence-corrected chi connectivity index (χ0v) is 18.0. The van der Waals surface area contributed by atoms with Crippen LogP contribution in [0.25, 0.3) is 0 Å². The van der Waals surface area contributed by atoms with E-state index in [0.29, 0.717) is 12.2 Å². The molecule has 2 aromatic carbocycles. The van der Waals surface area contributed by atoms with Crippen LogP contribution in [0.1, 0.15) is 39.2 Å². The number of thioether (sulfide) groups is 1. The van der Waals surface area contributed by atoms with Crippen molar-refractivity contribution >= 4 is 23.6 Å². The first-order valence-electron chi connectivity index (χ1n) is 9.92. The van der Waals surface area contributed by atoms with Gasteiger partial charge in [-0.3, -0.25) is 9.59 Å². The number of nitrogens with one attached hydrogen (secondary N) is 1. The molecule has 0 unspecified atom stereocenters. The number of rotatable bonds is 10. The second-order valence-corrected chi connectivity index (χ2v) is 8.22. The lowest BCUT2D eigenvalue weighted by molar-refractivity contribution is -0.140. The van der Waals surface area contributed by atoms with Crippen LogP contribution in [-0.4, -0.2) is 34.6 Å². The van der Waals surface area contributed by atoms with Crippen LogP contribution >= 0.6 is 11.8 Å². The van der Waals surface area contributed by atoms with Gasteiger partial charge in [0.2, 0.25) is 11.8 Å². The number of hydrogen-bond acceptors (Lipinski definition) is 3. The molecular formula is C23H29FN2O2S. The van der Waals surface area contributed by atoms with Gasteiger partial charge in [0.05, 0.1) is 0 Å². The average Bonchev–Trinajstić information content (AvgIpc) is 2.73. The van der Waals surface area contributed by atoms with E-state index in [4.69, 9.17) is 0 Å². The van der Waals surface area contributed by atoms with Gasteiger partial charge in [-0.2, -0.15) is 0 Å². The van der Waals surface area contributed by atoms with Gasteiger partial charge in [0.15, 0.2) is 0 Å². The number of benzene rings is 2. The van der Waals surface area contributed by atoms with Crippen LogP contribution in [0.5, 0.6) is 0 Å². The second-order valence-electron chi connectivity index (χ2n) is 7.05. The van der Waals surface area contributed by atoms with Crippen LogP contribution in [0.4, 0.5) is 4.39 Å². The van der Waals surface area contributed by atoms with E-state index in [1.54, 1.807) is 35.7 Å². The molecule has 4 nitrogen and oxygen atoms in total. The molecular weight excluding hydrogens is 387 g/mol. The van der Waals surface area contributed by atoms with E-state index in [0.717, 1.165) is 16.9 Å². The summed E-state index contributed by atoms with van der Waals surface area (Å²) in [6, 6.07) is 15.4. The Hall–Kier alpha value is -2.34. The summed E-state index contributed by atoms with van der Waals surface area (Å²) in [5, 5.41) is 2.94. The molecule has 0 saturated heterocycles. The standard InChI is InChI=1S/C23H29FN2O2S/c1-4-17(2)25-23(28)18(3)26(16-19-10-12-20(24)13-11-19)22(27)14-15-29-21-8-6-5-7-9-21/h5-13,17-18H,4,14-16H2,1-3H3,(H,25,28)/t17-,18+/m1/s1. The van der Waals surface area contributed by atoms with Crippen LogP contribution in [0.3, 0.4) is 0 Å². The molecule has 0 aliphatic heterocycles. The first kappa shape index (κ1) is 22.9. The number of nitrogens with zero attached hydrogens (tertiary/aromatic N) is 1. The van der Waals surface area contributed by atoms with Crippen molar-refractivity contribution in [2.75, 3.05) is 5.75 Å². The Morgan fingerprint density at radius 1 is 1.07 bits per heavy atom. The topological polar surface area (TPSA) is 49.4 Å². The highest BCUT2D eigenvalue weighted by Gasteiger charge is 2.26. The molecule has 0 spiro atoms. The Balaban J connectivity index is 2.06. The van der Waals surface area contributed by atoms with Gasteiger partial charge in [0.25, 0.3) is 0 Å². The van der Waals surface area contributed by atoms with Crippen LogP contribution in [0.15, 0.2) is 59.5 Å². The van der Waals surface area contributed by atoms with Gasteiger partial charge in [-0.15, -0.1) is 11.8 Å². The first-order chi connectivity index (χ1) is 13.9. The van der Waals surface area contributed by atoms with E-state index in [9.17, 15) is 14.0 Å². The van der Waals surface area contributed by atoms with E-state index in [1.165, 1.54) is 12.1 Å². The minimum absolute atomic E-state index is 0.0429. The van der Waals surface area contributed by atoms with Gasteiger partial charge in [0.1, 0.15) is 11.9 Å². The van der Waals surface area contributed by atoms with Gasteiger partial charge in [0, 0.05) is 29.7 Å². The zero-order valence-electron chi connectivity index (χ0n) is 17.2. The molecule has 2 rings (SSSR count). The number of hydrogen-bond donors (Lipinski definition) is 1. The third kappa shape index (κ3) is 7.54. The second kappa shape index (κ2) is 11.6. The molecule has 6 heteroatoms. The number of amides is 2. The number of carbonyl (C=O) groups excluding carboxylic acids is 2. The molecule has 0 radical (unpaired) electrons. The predicted octanol–water partition coefficient (Wildman–Crippen LogP) is 4.64. The third-order valence-electron chi connectivity index (χ3n) is 4.76. The van der Waals surface area contributed by atoms with Crippen LogP contribution in [-0.2, 0) is 16.1 Å². The Morgan fingerprint density at radius 3 is 2.34 bits per heavy atom. The van der Waals surface area contributed by atoms with E-state index < -0.39 is 6.04 Å². The van der Waals surface area contributed by atoms with Crippen molar-refractivity contribution < 1.29 is 14.0 Å². The van der Waals surface area contributed by atoms with Crippen molar-refractivity contribution in [2.24, 2.45) is 0 Å². The monoisotopic (exact) mass is 416 g/mol. The highest BCUT2D eigenvalue weighted by Crippen LogP contribution is 2.19. The first-order valence-corrected chi connectivity index (χ1v) is 10.9. The summed E-state index contributed by atoms with van der Waals surface area (Å²) in [6.07, 6.45) is 1.14. The molecule has 0 heterocycles. The molecule has 1 N–H and O–H groups in total. The SMILES string of the molecule is CC[C@@H](C)NC(=O)[C@H](C)N(Cc1ccc(F)cc1)C(=O)CCSc1ccccc1. The molecule has 0 bridgehead atoms. The largest absolute Gasteiger partial charge is 0.352 e. The Morgan fingerprint density at radius 2 is 1.72 bits per heavy atom. The minimum atomic E-state index is -0.608. The van der Waals surface area contributed by atoms with Gasteiger partial charge in [-0.05, 0) is 50.1 Å². The fraction of sp³-hybridized carbons (Fsp3) is 0.391. The number of carbonyl (C=O) groups is 2. The Kier molecular flexibility index (Phi) is 9.19. The van der Waals surface area contributed by atoms with E-state index in [-0.39, 0.29) is 30.2 Å². The maximum absolute atomic E-state index is 13.2. The molecule has 0 aliphatic rings. The van der Waals surface area contributed by atoms with E-state index >= 15 is 0 Å². The molecule has 0 fully saturated rings. The maximum Gasteiger partial charge on any atom is 0.242 e. The summed E-state index contributed by atoms with van der Waals surface area (Å²) in [6.45, 7) is 5.94. The summed E-state index contributed by atoms with van der Waals surface area (Å²) in [5.41, 5.74) is 0.790. The predicted molar refractivity (Wildman–Crippen MR) is 116 cm³/mol. The molecule has 156 valence electrons. The summed E-state index contributed by atoms with van der Waals surface area (Å²) >= 11 is 1.61. The van der Waals surface area contributed by atoms with E-state index in [2.05, 4.69) is 5.32 Å². The molecule has 2 atom stereocenters. The lowest BCUT2D eigenvalue weighted by Gasteiger charge is -2.29. The highest BCUT2D eigenvalue weighted by atomic mass is 32.2. The van der Waals surface area contributed by atoms with Crippen molar-refractivity contribution in [1.82, 2.24) is 10.2 Å². The zero-order chi connectivity index (χ0) is 21.2. The van der Waals surface area contributed by atoms with Gasteiger partial charge < -0.3 is 10.2 Å². The van der Waals surface area contributed by atoms with Crippen LogP contribution < -0.4 is 5.32 Å². The molecule has 0 saturated carbocycles. The summed E-state index contributed by atoms with van der Waals surface area (Å²) in [5.74, 6) is 0.0335. The average molecular weight is 417 g/mol. The summed E-state index contributed by atoms with van der Waals surface area (Å²) in [7, 11) is 0. The third-order valence-corrected chi connectivity index (χ3v) is 5.78. The lowest BCUT2D eigenvalue weighted by Crippen LogP contribution is -2.49. The molecule has 0 aliphatic carbocycles. The summed E-state index contributed by atoms with van der Waals surface area (Å²) in [4.78, 5) is 28.3. The van der Waals surface area contributed by atoms with Crippen molar-refractivity contribution in [2.45, 2.75) is 57.1 Å². The molecule has 2 amide bonds. The highest BCUT2D eigenvalue weighted by molar-refractivity contribution is 7.99. The molecule has 0 aromatic heterocycles. The van der Waals surface area contributed by atoms with Gasteiger partial charge in [-0.1, -0.05) is 37.3 Å². The van der Waals surface area contributed by atoms with Crippen LogP contribution in [0.2, 0.25) is 0 Å². The molecule has 29 heavy (non-hydrogen) atoms. The fourth-order valence-electron chi connectivity index (χ4n) is 2.75. The van der Waals surface area contributed by atoms with Crippen molar-refractivity contribution in [3.63, 3.8) is 0 Å². The molecule has 2 aromatic rings. The minimum Gasteiger partial charge on any atom is -0.352 e. The van der Waals surface area contributed by atoms with Gasteiger partial charge >= 0.3 is 0 Å². The van der Waals surface area contributed by atoms with Crippen molar-refractivity contribution in [1.29, 1.82) is 0 Å². The van der Waals surface area contributed by atoms with Gasteiger partial charge in [-0.25, -0.2) is 4.39 Å². The maximum atomic E-state index is 13.2. The normalized spacial score (nSPS) is 12.8. The van der Waals surface area contributed by atoms with Crippen molar-refractivity contribution in [3.8, 4) is 0 Å². The Labute approximate surface area is 176 Å². The Bertz CT molecular complexity index is 783.